The maximum Gasteiger partial charge on any atom is 0.343 e. The van der Waals surface area contributed by atoms with Gasteiger partial charge in [-0.25, -0.2) is 4.79 Å². The van der Waals surface area contributed by atoms with Crippen LogP contribution in [0, 0.1) is 5.92 Å². The highest BCUT2D eigenvalue weighted by Crippen LogP contribution is 2.40. The summed E-state index contributed by atoms with van der Waals surface area (Å²) in [5.41, 5.74) is -0.868. The molecule has 1 N–H and O–H groups in total. The summed E-state index contributed by atoms with van der Waals surface area (Å²) >= 11 is 0. The first kappa shape index (κ1) is 18.0. The minimum absolute atomic E-state index is 0.0601. The lowest BCUT2D eigenvalue weighted by molar-refractivity contribution is -0.176. The molecule has 1 saturated carbocycles. The van der Waals surface area contributed by atoms with Crippen LogP contribution in [0.2, 0.25) is 0 Å². The minimum Gasteiger partial charge on any atom is -0.462 e. The largest absolute Gasteiger partial charge is 0.462 e. The number of carbonyl (C=O) groups is 1. The van der Waals surface area contributed by atoms with Crippen molar-refractivity contribution in [2.45, 2.75) is 44.6 Å². The number of hydrogen-bond acceptors (Lipinski definition) is 4. The lowest BCUT2D eigenvalue weighted by atomic mass is 9.73. The highest BCUT2D eigenvalue weighted by atomic mass is 16.5. The summed E-state index contributed by atoms with van der Waals surface area (Å²) in [6, 6.07) is 9.27. The predicted octanol–water partition coefficient (Wildman–Crippen LogP) is 2.95. The van der Waals surface area contributed by atoms with Gasteiger partial charge in [-0.05, 0) is 32.0 Å². The van der Waals surface area contributed by atoms with Gasteiger partial charge in [0.15, 0.2) is 5.60 Å². The van der Waals surface area contributed by atoms with Gasteiger partial charge in [0.2, 0.25) is 0 Å². The van der Waals surface area contributed by atoms with E-state index in [4.69, 9.17) is 4.74 Å². The molecule has 0 saturated heterocycles. The van der Waals surface area contributed by atoms with Crippen molar-refractivity contribution in [3.05, 3.63) is 35.9 Å². The standard InChI is InChI=1S/C19H29NO3/c1-3-20(2)14-15-23-18(21)19(22,16-10-6-4-7-11-16)17-12-8-5-9-13-17/h4,6-7,10-11,17,22H,3,5,8-9,12-15H2,1-2H3. The van der Waals surface area contributed by atoms with Crippen LogP contribution in [0.1, 0.15) is 44.6 Å². The van der Waals surface area contributed by atoms with Gasteiger partial charge in [0.1, 0.15) is 6.61 Å². The molecule has 4 nitrogen and oxygen atoms in total. The lowest BCUT2D eigenvalue weighted by Crippen LogP contribution is -2.45. The van der Waals surface area contributed by atoms with Gasteiger partial charge < -0.3 is 14.7 Å². The van der Waals surface area contributed by atoms with Crippen LogP contribution in [0.25, 0.3) is 0 Å². The maximum absolute atomic E-state index is 12.7. The summed E-state index contributed by atoms with van der Waals surface area (Å²) in [5.74, 6) is -0.560. The van der Waals surface area contributed by atoms with E-state index < -0.39 is 11.6 Å². The zero-order valence-electron chi connectivity index (χ0n) is 14.3. The maximum atomic E-state index is 12.7. The number of carbonyl (C=O) groups excluding carboxylic acids is 1. The summed E-state index contributed by atoms with van der Waals surface area (Å²) in [6.45, 7) is 3.95. The van der Waals surface area contributed by atoms with Gasteiger partial charge >= 0.3 is 5.97 Å². The molecule has 1 atom stereocenters. The van der Waals surface area contributed by atoms with Crippen LogP contribution < -0.4 is 0 Å². The van der Waals surface area contributed by atoms with Crippen molar-refractivity contribution < 1.29 is 14.6 Å². The van der Waals surface area contributed by atoms with Crippen molar-refractivity contribution in [3.8, 4) is 0 Å². The van der Waals surface area contributed by atoms with E-state index >= 15 is 0 Å². The summed E-state index contributed by atoms with van der Waals surface area (Å²) in [5, 5.41) is 11.3. The number of benzene rings is 1. The molecule has 0 spiro atoms. The van der Waals surface area contributed by atoms with Crippen LogP contribution in [0.4, 0.5) is 0 Å². The van der Waals surface area contributed by atoms with Gasteiger partial charge in [0.05, 0.1) is 0 Å². The molecule has 128 valence electrons. The molecule has 0 heterocycles. The van der Waals surface area contributed by atoms with E-state index in [0.717, 1.165) is 32.2 Å². The summed E-state index contributed by atoms with van der Waals surface area (Å²) in [6.07, 6.45) is 5.04. The highest BCUT2D eigenvalue weighted by molar-refractivity contribution is 5.81. The number of ether oxygens (including phenoxy) is 1. The van der Waals surface area contributed by atoms with E-state index in [1.54, 1.807) is 0 Å². The normalized spacial score (nSPS) is 18.6. The molecule has 4 heteroatoms. The summed E-state index contributed by atoms with van der Waals surface area (Å²) < 4.78 is 5.46. The Morgan fingerprint density at radius 2 is 1.91 bits per heavy atom. The highest BCUT2D eigenvalue weighted by Gasteiger charge is 2.47. The second-order valence-corrected chi connectivity index (χ2v) is 6.50. The number of aliphatic hydroxyl groups is 1. The SMILES string of the molecule is CCN(C)CCOC(=O)C(O)(c1ccccc1)C1CCCCC1. The van der Waals surface area contributed by atoms with Crippen LogP contribution in [0.15, 0.2) is 30.3 Å². The van der Waals surface area contributed by atoms with Crippen molar-refractivity contribution >= 4 is 5.97 Å². The molecule has 1 aromatic carbocycles. The molecule has 1 unspecified atom stereocenters. The van der Waals surface area contributed by atoms with Gasteiger partial charge in [-0.3, -0.25) is 0 Å². The average Bonchev–Trinajstić information content (AvgIpc) is 2.62. The van der Waals surface area contributed by atoms with Crippen molar-refractivity contribution in [2.75, 3.05) is 26.7 Å². The summed E-state index contributed by atoms with van der Waals surface area (Å²) in [4.78, 5) is 14.8. The Balaban J connectivity index is 2.14. The lowest BCUT2D eigenvalue weighted by Gasteiger charge is -2.36. The second kappa shape index (κ2) is 8.46. The molecule has 1 aliphatic carbocycles. The summed E-state index contributed by atoms with van der Waals surface area (Å²) in [7, 11) is 1.98. The van der Waals surface area contributed by atoms with Crippen LogP contribution in [-0.4, -0.2) is 42.7 Å². The number of rotatable bonds is 7. The molecular weight excluding hydrogens is 290 g/mol. The Hall–Kier alpha value is -1.39. The van der Waals surface area contributed by atoms with E-state index in [9.17, 15) is 9.90 Å². The van der Waals surface area contributed by atoms with Gasteiger partial charge in [0.25, 0.3) is 0 Å². The van der Waals surface area contributed by atoms with Crippen LogP contribution in [-0.2, 0) is 15.1 Å². The van der Waals surface area contributed by atoms with Crippen molar-refractivity contribution in [3.63, 3.8) is 0 Å². The Morgan fingerprint density at radius 3 is 2.52 bits per heavy atom. The van der Waals surface area contributed by atoms with E-state index in [2.05, 4.69) is 11.8 Å². The van der Waals surface area contributed by atoms with E-state index in [1.807, 2.05) is 37.4 Å². The van der Waals surface area contributed by atoms with Gasteiger partial charge in [-0.2, -0.15) is 0 Å². The first-order valence-corrected chi connectivity index (χ1v) is 8.72. The van der Waals surface area contributed by atoms with Crippen LogP contribution >= 0.6 is 0 Å². The fourth-order valence-corrected chi connectivity index (χ4v) is 3.30. The average molecular weight is 319 g/mol. The van der Waals surface area contributed by atoms with Crippen LogP contribution in [0.5, 0.6) is 0 Å². The third kappa shape index (κ3) is 4.33. The first-order chi connectivity index (χ1) is 11.1. The molecule has 0 aliphatic heterocycles. The minimum atomic E-state index is -1.52. The quantitative estimate of drug-likeness (QED) is 0.785. The fraction of sp³-hybridized carbons (Fsp3) is 0.632. The Labute approximate surface area is 139 Å². The van der Waals surface area contributed by atoms with Crippen molar-refractivity contribution in [2.24, 2.45) is 5.92 Å². The molecule has 23 heavy (non-hydrogen) atoms. The van der Waals surface area contributed by atoms with Crippen molar-refractivity contribution in [1.82, 2.24) is 4.90 Å². The number of hydrogen-bond donors (Lipinski definition) is 1. The molecule has 0 bridgehead atoms. The molecule has 0 amide bonds. The molecular formula is C19H29NO3. The number of likely N-dealkylation sites (N-methyl/N-ethyl adjacent to an activating group) is 1. The van der Waals surface area contributed by atoms with Gasteiger partial charge in [0, 0.05) is 12.5 Å². The third-order valence-corrected chi connectivity index (χ3v) is 4.97. The van der Waals surface area contributed by atoms with Gasteiger partial charge in [-0.15, -0.1) is 0 Å². The molecule has 1 fully saturated rings. The van der Waals surface area contributed by atoms with Gasteiger partial charge in [-0.1, -0.05) is 56.5 Å². The fourth-order valence-electron chi connectivity index (χ4n) is 3.30. The molecule has 1 aliphatic rings. The Bertz CT molecular complexity index is 485. The molecule has 2 rings (SSSR count). The van der Waals surface area contributed by atoms with Crippen molar-refractivity contribution in [1.29, 1.82) is 0 Å². The Morgan fingerprint density at radius 1 is 1.26 bits per heavy atom. The zero-order valence-corrected chi connectivity index (χ0v) is 14.3. The molecule has 0 aromatic heterocycles. The van der Waals surface area contributed by atoms with E-state index in [0.29, 0.717) is 18.7 Å². The number of esters is 1. The first-order valence-electron chi connectivity index (χ1n) is 8.72. The monoisotopic (exact) mass is 319 g/mol. The smallest absolute Gasteiger partial charge is 0.343 e. The molecule has 1 aromatic rings. The number of nitrogens with zero attached hydrogens (tertiary/aromatic N) is 1. The Kier molecular flexibility index (Phi) is 6.60. The molecule has 0 radical (unpaired) electrons. The topological polar surface area (TPSA) is 49.8 Å². The predicted molar refractivity (Wildman–Crippen MR) is 91.0 cm³/mol. The third-order valence-electron chi connectivity index (χ3n) is 4.97. The van der Waals surface area contributed by atoms with E-state index in [-0.39, 0.29) is 5.92 Å². The zero-order chi connectivity index (χ0) is 16.7. The van der Waals surface area contributed by atoms with Crippen LogP contribution in [0.3, 0.4) is 0 Å². The second-order valence-electron chi connectivity index (χ2n) is 6.50. The van der Waals surface area contributed by atoms with E-state index in [1.165, 1.54) is 6.42 Å².